The predicted octanol–water partition coefficient (Wildman–Crippen LogP) is 10.8. The summed E-state index contributed by atoms with van der Waals surface area (Å²) in [5.41, 5.74) is 9.43. The van der Waals surface area contributed by atoms with Crippen molar-refractivity contribution >= 4 is 27.5 Å². The zero-order chi connectivity index (χ0) is 25.9. The molecule has 0 amide bonds. The van der Waals surface area contributed by atoms with Crippen LogP contribution in [0.25, 0.3) is 38.6 Å². The summed E-state index contributed by atoms with van der Waals surface area (Å²) in [5, 5.41) is 2.46. The lowest BCUT2D eigenvalue weighted by atomic mass is 9.83. The second kappa shape index (κ2) is 13.1. The molecule has 180 valence electrons. The van der Waals surface area contributed by atoms with Gasteiger partial charge in [0.25, 0.3) is 0 Å². The average Bonchev–Trinajstić information content (AvgIpc) is 2.91. The highest BCUT2D eigenvalue weighted by atomic mass is 14.2. The van der Waals surface area contributed by atoms with Crippen LogP contribution in [0, 0.1) is 0 Å². The molecule has 0 aliphatic rings. The van der Waals surface area contributed by atoms with E-state index in [1.165, 1.54) is 44.2 Å². The lowest BCUT2D eigenvalue weighted by molar-refractivity contribution is 1.56. The standard InChI is InChI=1S/C36H36/c1-7-16-27(12-6)31-23-24-32(28(17-8-2)18-9-3)36-33(29(19-10-4)20-11-5)25-26-34(35(31)36)30-21-14-13-15-22-30/h7-26H,2,4H2,1,3,5-6H3/b16-7-,18-9-,20-11-,27-12+,28-17+,29-19+. The Morgan fingerprint density at radius 2 is 1.03 bits per heavy atom. The third-order valence-corrected chi connectivity index (χ3v) is 6.12. The van der Waals surface area contributed by atoms with E-state index < -0.39 is 0 Å². The number of allylic oxidation sites excluding steroid dienone is 14. The monoisotopic (exact) mass is 468 g/mol. The minimum Gasteiger partial charge on any atom is -0.0990 e. The van der Waals surface area contributed by atoms with Crippen LogP contribution >= 0.6 is 0 Å². The molecule has 0 N–H and O–H groups in total. The van der Waals surface area contributed by atoms with Gasteiger partial charge in [0.1, 0.15) is 0 Å². The molecule has 3 aromatic rings. The van der Waals surface area contributed by atoms with Gasteiger partial charge in [0, 0.05) is 0 Å². The van der Waals surface area contributed by atoms with Crippen molar-refractivity contribution in [2.75, 3.05) is 0 Å². The first-order valence-electron chi connectivity index (χ1n) is 12.5. The van der Waals surface area contributed by atoms with Gasteiger partial charge in [-0.15, -0.1) is 0 Å². The number of rotatable bonds is 9. The van der Waals surface area contributed by atoms with Crippen LogP contribution in [0.1, 0.15) is 44.4 Å². The molecule has 0 saturated heterocycles. The molecule has 0 heterocycles. The highest BCUT2D eigenvalue weighted by Crippen LogP contribution is 2.42. The Kier molecular flexibility index (Phi) is 9.60. The van der Waals surface area contributed by atoms with Crippen molar-refractivity contribution < 1.29 is 0 Å². The minimum atomic E-state index is 1.13. The van der Waals surface area contributed by atoms with Crippen LogP contribution in [0.2, 0.25) is 0 Å². The first-order chi connectivity index (χ1) is 17.6. The van der Waals surface area contributed by atoms with Crippen molar-refractivity contribution in [2.45, 2.75) is 27.7 Å². The van der Waals surface area contributed by atoms with Crippen LogP contribution in [0.5, 0.6) is 0 Å². The molecular formula is C36H36. The van der Waals surface area contributed by atoms with Crippen LogP contribution in [0.4, 0.5) is 0 Å². The largest absolute Gasteiger partial charge is 0.0990 e. The Morgan fingerprint density at radius 3 is 1.50 bits per heavy atom. The third-order valence-electron chi connectivity index (χ3n) is 6.12. The van der Waals surface area contributed by atoms with E-state index >= 15 is 0 Å². The van der Waals surface area contributed by atoms with Crippen molar-refractivity contribution in [3.63, 3.8) is 0 Å². The summed E-state index contributed by atoms with van der Waals surface area (Å²) in [4.78, 5) is 0. The van der Waals surface area contributed by atoms with Crippen LogP contribution < -0.4 is 0 Å². The van der Waals surface area contributed by atoms with E-state index in [1.54, 1.807) is 0 Å². The quantitative estimate of drug-likeness (QED) is 0.274. The van der Waals surface area contributed by atoms with E-state index in [0.717, 1.165) is 11.1 Å². The van der Waals surface area contributed by atoms with E-state index in [0.29, 0.717) is 0 Å². The van der Waals surface area contributed by atoms with E-state index in [9.17, 15) is 0 Å². The van der Waals surface area contributed by atoms with Crippen molar-refractivity contribution in [2.24, 2.45) is 0 Å². The smallest absolute Gasteiger partial charge is 0.00143 e. The van der Waals surface area contributed by atoms with Crippen molar-refractivity contribution in [1.82, 2.24) is 0 Å². The second-order valence-corrected chi connectivity index (χ2v) is 8.40. The lowest BCUT2D eigenvalue weighted by Gasteiger charge is -2.20. The molecule has 0 nitrogen and oxygen atoms in total. The summed E-state index contributed by atoms with van der Waals surface area (Å²) >= 11 is 0. The fraction of sp³-hybridized carbons (Fsp3) is 0.111. The number of fused-ring (bicyclic) bond motifs is 1. The maximum Gasteiger partial charge on any atom is -0.00143 e. The van der Waals surface area contributed by atoms with Gasteiger partial charge in [0.2, 0.25) is 0 Å². The van der Waals surface area contributed by atoms with Crippen LogP contribution in [-0.2, 0) is 0 Å². The lowest BCUT2D eigenvalue weighted by Crippen LogP contribution is -1.97. The Bertz CT molecular complexity index is 1370. The summed E-state index contributed by atoms with van der Waals surface area (Å²) in [6, 6.07) is 19.7. The van der Waals surface area contributed by atoms with Gasteiger partial charge in [-0.05, 0) is 83.0 Å². The molecule has 0 fully saturated rings. The topological polar surface area (TPSA) is 0 Å². The SMILES string of the molecule is C=C/C=C(\C=C/C)c1ccc(C(/C=C\C)=C/C)c2c(-c3ccccc3)ccc(C(/C=C\C)=C/C=C)c12. The number of hydrogen-bond donors (Lipinski definition) is 0. The van der Waals surface area contributed by atoms with E-state index in [-0.39, 0.29) is 0 Å². The molecule has 0 unspecified atom stereocenters. The maximum absolute atomic E-state index is 3.99. The van der Waals surface area contributed by atoms with Gasteiger partial charge < -0.3 is 0 Å². The van der Waals surface area contributed by atoms with Gasteiger partial charge in [-0.1, -0.05) is 135 Å². The third kappa shape index (κ3) is 5.56. The van der Waals surface area contributed by atoms with Crippen molar-refractivity contribution in [3.8, 4) is 11.1 Å². The zero-order valence-electron chi connectivity index (χ0n) is 22.0. The molecule has 0 radical (unpaired) electrons. The average molecular weight is 469 g/mol. The van der Waals surface area contributed by atoms with Crippen LogP contribution in [0.3, 0.4) is 0 Å². The van der Waals surface area contributed by atoms with Crippen LogP contribution in [-0.4, -0.2) is 0 Å². The van der Waals surface area contributed by atoms with Gasteiger partial charge in [-0.3, -0.25) is 0 Å². The molecule has 0 saturated carbocycles. The second-order valence-electron chi connectivity index (χ2n) is 8.40. The predicted molar refractivity (Wildman–Crippen MR) is 164 cm³/mol. The molecular weight excluding hydrogens is 432 g/mol. The molecule has 0 aliphatic heterocycles. The zero-order valence-corrected chi connectivity index (χ0v) is 22.0. The van der Waals surface area contributed by atoms with Gasteiger partial charge >= 0.3 is 0 Å². The highest BCUT2D eigenvalue weighted by Gasteiger charge is 2.18. The molecule has 3 rings (SSSR count). The molecule has 0 bridgehead atoms. The Labute approximate surface area is 217 Å². The summed E-state index contributed by atoms with van der Waals surface area (Å²) in [5.74, 6) is 0. The van der Waals surface area contributed by atoms with Crippen molar-refractivity contribution in [3.05, 3.63) is 151 Å². The first-order valence-corrected chi connectivity index (χ1v) is 12.5. The fourth-order valence-electron chi connectivity index (χ4n) is 4.68. The number of benzene rings is 3. The Hall–Kier alpha value is -4.16. The maximum atomic E-state index is 3.99. The summed E-state index contributed by atoms with van der Waals surface area (Å²) in [7, 11) is 0. The Morgan fingerprint density at radius 1 is 0.556 bits per heavy atom. The molecule has 0 spiro atoms. The molecule has 0 atom stereocenters. The van der Waals surface area contributed by atoms with Crippen LogP contribution in [0.15, 0.2) is 135 Å². The Balaban J connectivity index is 2.69. The summed E-state index contributed by atoms with van der Waals surface area (Å²) in [6.45, 7) is 16.3. The fourth-order valence-corrected chi connectivity index (χ4v) is 4.68. The summed E-state index contributed by atoms with van der Waals surface area (Å²) < 4.78 is 0. The van der Waals surface area contributed by atoms with Gasteiger partial charge in [-0.2, -0.15) is 0 Å². The van der Waals surface area contributed by atoms with Gasteiger partial charge in [0.05, 0.1) is 0 Å². The number of hydrogen-bond acceptors (Lipinski definition) is 0. The van der Waals surface area contributed by atoms with E-state index in [2.05, 4.69) is 150 Å². The van der Waals surface area contributed by atoms with Gasteiger partial charge in [-0.25, -0.2) is 0 Å². The molecule has 36 heavy (non-hydrogen) atoms. The minimum absolute atomic E-state index is 1.13. The van der Waals surface area contributed by atoms with E-state index in [1.807, 2.05) is 12.2 Å². The molecule has 0 aliphatic carbocycles. The molecule has 0 heteroatoms. The molecule has 0 aromatic heterocycles. The normalized spacial score (nSPS) is 13.4. The first kappa shape index (κ1) is 26.4. The summed E-state index contributed by atoms with van der Waals surface area (Å²) in [6.07, 6.45) is 22.9. The van der Waals surface area contributed by atoms with E-state index in [4.69, 9.17) is 0 Å². The van der Waals surface area contributed by atoms with Gasteiger partial charge in [0.15, 0.2) is 0 Å². The van der Waals surface area contributed by atoms with Crippen molar-refractivity contribution in [1.29, 1.82) is 0 Å². The highest BCUT2D eigenvalue weighted by molar-refractivity contribution is 6.14. The molecule has 3 aromatic carbocycles.